The Balaban J connectivity index is 1.20. The first-order chi connectivity index (χ1) is 34.3. The lowest BCUT2D eigenvalue weighted by atomic mass is 9.77. The van der Waals surface area contributed by atoms with Crippen molar-refractivity contribution in [1.29, 1.82) is 0 Å². The molecule has 4 heteroatoms. The highest BCUT2D eigenvalue weighted by atomic mass is 16.5. The molecule has 8 aromatic rings. The van der Waals surface area contributed by atoms with Gasteiger partial charge in [0.25, 0.3) is 0 Å². The van der Waals surface area contributed by atoms with E-state index in [0.29, 0.717) is 5.69 Å². The van der Waals surface area contributed by atoms with Crippen LogP contribution in [0.1, 0.15) is 133 Å². The summed E-state index contributed by atoms with van der Waals surface area (Å²) < 4.78 is 56.7. The van der Waals surface area contributed by atoms with Crippen molar-refractivity contribution in [2.24, 2.45) is 0 Å². The number of nitrogens with zero attached hydrogens (tertiary/aromatic N) is 3. The van der Waals surface area contributed by atoms with Crippen molar-refractivity contribution in [1.82, 2.24) is 0 Å². The summed E-state index contributed by atoms with van der Waals surface area (Å²) in [5, 5.41) is 0. The number of para-hydroxylation sites is 1. The average molecular weight is 894 g/mol. The topological polar surface area (TPSA) is 19.6 Å². The van der Waals surface area contributed by atoms with Crippen LogP contribution in [0.25, 0.3) is 55.8 Å². The second kappa shape index (κ2) is 14.8. The molecular formula is C64H62N3O+. The number of aromatic nitrogens is 1. The number of fused-ring (bicyclic) bond motifs is 5. The Labute approximate surface area is 410 Å². The Kier molecular flexibility index (Phi) is 8.08. The molecular weight excluding hydrogens is 827 g/mol. The molecule has 2 unspecified atom stereocenters. The molecule has 0 aliphatic carbocycles. The van der Waals surface area contributed by atoms with Crippen LogP contribution in [0.3, 0.4) is 0 Å². The average Bonchev–Trinajstić information content (AvgIpc) is 3.91. The summed E-state index contributed by atoms with van der Waals surface area (Å²) in [5.41, 5.74) is 18.0. The minimum Gasteiger partial charge on any atom is -0.410 e. The Morgan fingerprint density at radius 3 is 1.88 bits per heavy atom. The van der Waals surface area contributed by atoms with E-state index in [1.165, 1.54) is 5.56 Å². The van der Waals surface area contributed by atoms with Gasteiger partial charge >= 0.3 is 5.85 Å². The summed E-state index contributed by atoms with van der Waals surface area (Å²) in [6.45, 7) is 18.4. The van der Waals surface area contributed by atoms with Gasteiger partial charge in [0.15, 0.2) is 6.20 Å². The van der Waals surface area contributed by atoms with Crippen LogP contribution in [0.5, 0.6) is 5.75 Å². The van der Waals surface area contributed by atoms with E-state index in [1.54, 1.807) is 0 Å². The monoisotopic (exact) mass is 894 g/mol. The molecule has 12 rings (SSSR count). The largest absolute Gasteiger partial charge is 0.432 e. The fourth-order valence-corrected chi connectivity index (χ4v) is 11.3. The molecule has 5 heterocycles. The van der Waals surface area contributed by atoms with Crippen molar-refractivity contribution in [2.45, 2.75) is 111 Å². The van der Waals surface area contributed by atoms with Crippen LogP contribution in [-0.2, 0) is 16.7 Å². The number of pyridine rings is 1. The second-order valence-corrected chi connectivity index (χ2v) is 21.8. The molecule has 4 aliphatic heterocycles. The van der Waals surface area contributed by atoms with Gasteiger partial charge in [-0.3, -0.25) is 0 Å². The van der Waals surface area contributed by atoms with Gasteiger partial charge in [-0.25, -0.2) is 4.90 Å². The van der Waals surface area contributed by atoms with Gasteiger partial charge < -0.3 is 9.64 Å². The van der Waals surface area contributed by atoms with Crippen LogP contribution in [0.4, 0.5) is 17.1 Å². The molecule has 1 aromatic heterocycles. The van der Waals surface area contributed by atoms with E-state index in [4.69, 9.17) is 7.48 Å². The van der Waals surface area contributed by atoms with Crippen LogP contribution in [0, 0.1) is 6.85 Å². The van der Waals surface area contributed by atoms with Crippen LogP contribution in [-0.4, -0.2) is 0 Å². The molecule has 0 N–H and O–H groups in total. The Morgan fingerprint density at radius 2 is 1.24 bits per heavy atom. The molecule has 68 heavy (non-hydrogen) atoms. The van der Waals surface area contributed by atoms with Crippen molar-refractivity contribution < 1.29 is 16.2 Å². The predicted molar refractivity (Wildman–Crippen MR) is 282 cm³/mol. The highest BCUT2D eigenvalue weighted by Gasteiger charge is 2.70. The zero-order valence-corrected chi connectivity index (χ0v) is 40.8. The van der Waals surface area contributed by atoms with Gasteiger partial charge in [-0.1, -0.05) is 172 Å². The molecule has 0 saturated heterocycles. The molecule has 4 aliphatic rings. The number of rotatable bonds is 6. The fourth-order valence-electron chi connectivity index (χ4n) is 11.3. The molecule has 0 fully saturated rings. The van der Waals surface area contributed by atoms with E-state index in [2.05, 4.69) is 177 Å². The molecule has 0 radical (unpaired) electrons. The lowest BCUT2D eigenvalue weighted by Gasteiger charge is -2.49. The zero-order chi connectivity index (χ0) is 51.5. The summed E-state index contributed by atoms with van der Waals surface area (Å²) in [6.07, 6.45) is 1.63. The van der Waals surface area contributed by atoms with E-state index in [-0.39, 0.29) is 16.4 Å². The molecule has 2 atom stereocenters. The number of benzene rings is 7. The Morgan fingerprint density at radius 1 is 0.588 bits per heavy atom. The van der Waals surface area contributed by atoms with E-state index in [1.807, 2.05) is 64.1 Å². The first kappa shape index (κ1) is 37.1. The van der Waals surface area contributed by atoms with Gasteiger partial charge in [-0.15, -0.1) is 4.57 Å². The predicted octanol–water partition coefficient (Wildman–Crippen LogP) is 16.5. The number of ether oxygens (including phenoxy) is 1. The van der Waals surface area contributed by atoms with Crippen molar-refractivity contribution in [3.8, 4) is 61.5 Å². The van der Waals surface area contributed by atoms with E-state index in [9.17, 15) is 4.11 Å². The summed E-state index contributed by atoms with van der Waals surface area (Å²) in [4.78, 5) is 4.75. The Hall–Kier alpha value is -6.91. The third-order valence-corrected chi connectivity index (χ3v) is 14.8. The van der Waals surface area contributed by atoms with Crippen LogP contribution in [0.15, 0.2) is 158 Å². The summed E-state index contributed by atoms with van der Waals surface area (Å²) in [7, 11) is 0. The van der Waals surface area contributed by atoms with Gasteiger partial charge in [0, 0.05) is 46.9 Å². The third kappa shape index (κ3) is 6.15. The van der Waals surface area contributed by atoms with Gasteiger partial charge in [0.2, 0.25) is 5.69 Å². The molecule has 0 amide bonds. The SMILES string of the molecule is [2H]C([2H])([2H])c1cc(-c2cc(C([2H])(C)C)cc(C([2H])(C)C)c2)ccc1N1c2cccc3c2N2C1c1cc(C(C)(C)C)cc(C(C)(C)C)c1OC21c2c-3cc(-c3ccccc3)cc2-c2cc(-c3ccccc3)cc[n+]21. The maximum atomic E-state index is 9.39. The maximum absolute atomic E-state index is 9.39. The number of hydrogen-bond acceptors (Lipinski definition) is 3. The van der Waals surface area contributed by atoms with Gasteiger partial charge in [-0.2, -0.15) is 0 Å². The van der Waals surface area contributed by atoms with E-state index in [0.717, 1.165) is 101 Å². The van der Waals surface area contributed by atoms with E-state index < -0.39 is 30.7 Å². The maximum Gasteiger partial charge on any atom is 0.432 e. The molecule has 338 valence electrons. The third-order valence-electron chi connectivity index (χ3n) is 14.8. The summed E-state index contributed by atoms with van der Waals surface area (Å²) >= 11 is 0. The quantitative estimate of drug-likeness (QED) is 0.155. The Bertz CT molecular complexity index is 3560. The second-order valence-electron chi connectivity index (χ2n) is 21.8. The number of hydrogen-bond donors (Lipinski definition) is 0. The minimum atomic E-state index is -2.54. The minimum absolute atomic E-state index is 0.214. The van der Waals surface area contributed by atoms with Crippen LogP contribution < -0.4 is 19.1 Å². The smallest absolute Gasteiger partial charge is 0.410 e. The van der Waals surface area contributed by atoms with Crippen LogP contribution in [0.2, 0.25) is 0 Å². The van der Waals surface area contributed by atoms with Crippen LogP contribution >= 0.6 is 0 Å². The zero-order valence-electron chi connectivity index (χ0n) is 45.8. The highest BCUT2D eigenvalue weighted by Crippen LogP contribution is 2.68. The molecule has 1 spiro atoms. The first-order valence-corrected chi connectivity index (χ1v) is 24.1. The van der Waals surface area contributed by atoms with Gasteiger partial charge in [-0.05, 0) is 122 Å². The first-order valence-electron chi connectivity index (χ1n) is 26.6. The molecule has 0 bridgehead atoms. The van der Waals surface area contributed by atoms with Gasteiger partial charge in [0.05, 0.1) is 16.9 Å². The van der Waals surface area contributed by atoms with Crippen molar-refractivity contribution in [3.63, 3.8) is 0 Å². The fraction of sp³-hybridized carbons (Fsp3) is 0.266. The van der Waals surface area contributed by atoms with E-state index >= 15 is 0 Å². The van der Waals surface area contributed by atoms with Crippen molar-refractivity contribution >= 4 is 17.1 Å². The molecule has 0 saturated carbocycles. The van der Waals surface area contributed by atoms with Crippen molar-refractivity contribution in [3.05, 3.63) is 197 Å². The lowest BCUT2D eigenvalue weighted by molar-refractivity contribution is -0.774. The summed E-state index contributed by atoms with van der Waals surface area (Å²) in [5.74, 6) is -2.34. The molecule has 4 nitrogen and oxygen atoms in total. The molecule has 7 aromatic carbocycles. The van der Waals surface area contributed by atoms with Crippen molar-refractivity contribution in [2.75, 3.05) is 9.80 Å². The van der Waals surface area contributed by atoms with Gasteiger partial charge in [0.1, 0.15) is 17.5 Å². The number of aryl methyl sites for hydroxylation is 1. The number of anilines is 3. The highest BCUT2D eigenvalue weighted by molar-refractivity contribution is 6.03. The lowest BCUT2D eigenvalue weighted by Crippen LogP contribution is -2.71. The normalized spacial score (nSPS) is 18.9. The summed E-state index contributed by atoms with van der Waals surface area (Å²) in [6, 6.07) is 53.2. The standard InChI is InChI=1S/C64H62N3O/c1-38(2)45-30-46(39(3)4)32-47(31-45)43-25-26-55(40(5)29-43)66-56-24-18-23-50-51-33-48(42-21-16-13-17-22-42)34-52-57-35-44(41-19-14-12-15-20-41)27-28-65(57)64(58(51)52)67(59(50)56)61(66)53-36-49(62(6,7)8)37-54(60(53)68-64)63(9,10)11/h12-39,61H,1-11H3/q+1/i5D3,38D,39D.